The van der Waals surface area contributed by atoms with Gasteiger partial charge in [-0.3, -0.25) is 0 Å². The third kappa shape index (κ3) is 0.440. The van der Waals surface area contributed by atoms with Gasteiger partial charge in [-0.05, 0) is 0 Å². The zero-order chi connectivity index (χ0) is 4.74. The molecule has 7 heavy (non-hydrogen) atoms. The molecule has 0 aliphatic carbocycles. The molecule has 2 saturated heterocycles. The summed E-state index contributed by atoms with van der Waals surface area (Å²) in [4.78, 5) is 17.1. The predicted octanol–water partition coefficient (Wildman–Crippen LogP) is -0.505. The van der Waals surface area contributed by atoms with E-state index >= 15 is 0 Å². The van der Waals surface area contributed by atoms with Gasteiger partial charge in [0.1, 0.15) is 0 Å². The van der Waals surface area contributed by atoms with Gasteiger partial charge in [-0.25, -0.2) is 0 Å². The van der Waals surface area contributed by atoms with Gasteiger partial charge in [-0.15, -0.1) is 4.89 Å². The second kappa shape index (κ2) is 0.960. The lowest BCUT2D eigenvalue weighted by molar-refractivity contribution is -0.471. The van der Waals surface area contributed by atoms with Gasteiger partial charge < -0.3 is 0 Å². The summed E-state index contributed by atoms with van der Waals surface area (Å²) in [5.41, 5.74) is 0. The largest absolute Gasteiger partial charge is 0.395 e. The number of hydrogen-bond acceptors (Lipinski definition) is 5. The predicted molar refractivity (Wildman–Crippen MR) is 13.0 cm³/mol. The summed E-state index contributed by atoms with van der Waals surface area (Å²) in [6.07, 6.45) is 0. The molecule has 0 aromatic rings. The molecule has 0 bridgehead atoms. The fourth-order valence-electron chi connectivity index (χ4n) is 0.319. The molecule has 2 fully saturated rings. The smallest absolute Gasteiger partial charge is 0.197 e. The van der Waals surface area contributed by atoms with Crippen LogP contribution in [0.1, 0.15) is 0 Å². The first-order valence-corrected chi connectivity index (χ1v) is 1.75. The van der Waals surface area contributed by atoms with Crippen LogP contribution in [0.15, 0.2) is 0 Å². The standard InChI is InChI=1S/C2H2O5/c1-2(4-5-2)6-7-3-1/h1H2. The van der Waals surface area contributed by atoms with Gasteiger partial charge in [-0.1, -0.05) is 5.04 Å². The van der Waals surface area contributed by atoms with Crippen LogP contribution in [-0.2, 0) is 24.6 Å². The Morgan fingerprint density at radius 3 is 2.29 bits per heavy atom. The van der Waals surface area contributed by atoms with Gasteiger partial charge in [0.05, 0.1) is 0 Å². The van der Waals surface area contributed by atoms with Crippen LogP contribution in [0, 0.1) is 0 Å². The minimum absolute atomic E-state index is 0.174. The molecule has 1 spiro atoms. The minimum atomic E-state index is -1.00. The van der Waals surface area contributed by atoms with Crippen LogP contribution < -0.4 is 0 Å². The summed E-state index contributed by atoms with van der Waals surface area (Å²) < 4.78 is 0. The molecule has 40 valence electrons. The van der Waals surface area contributed by atoms with E-state index in [1.165, 1.54) is 0 Å². The zero-order valence-electron chi connectivity index (χ0n) is 3.25. The van der Waals surface area contributed by atoms with Crippen molar-refractivity contribution in [2.24, 2.45) is 0 Å². The van der Waals surface area contributed by atoms with Gasteiger partial charge in [-0.2, -0.15) is 14.7 Å². The number of rotatable bonds is 0. The lowest BCUT2D eigenvalue weighted by Crippen LogP contribution is -2.10. The average Bonchev–Trinajstić information content (AvgIpc) is 2.15. The van der Waals surface area contributed by atoms with E-state index in [1.807, 2.05) is 0 Å². The van der Waals surface area contributed by atoms with Crippen molar-refractivity contribution in [3.8, 4) is 0 Å². The van der Waals surface area contributed by atoms with Crippen molar-refractivity contribution in [3.63, 3.8) is 0 Å². The summed E-state index contributed by atoms with van der Waals surface area (Å²) in [6.45, 7) is 0.174. The first-order chi connectivity index (χ1) is 3.41. The molecule has 2 rings (SSSR count). The highest BCUT2D eigenvalue weighted by Crippen LogP contribution is 2.35. The van der Waals surface area contributed by atoms with Crippen molar-refractivity contribution in [3.05, 3.63) is 0 Å². The van der Waals surface area contributed by atoms with E-state index in [1.54, 1.807) is 0 Å². The van der Waals surface area contributed by atoms with E-state index in [-0.39, 0.29) is 6.61 Å². The fraction of sp³-hybridized carbons (Fsp3) is 1.00. The highest BCUT2D eigenvalue weighted by atomic mass is 17.6. The van der Waals surface area contributed by atoms with Crippen molar-refractivity contribution < 1.29 is 24.6 Å². The summed E-state index contributed by atoms with van der Waals surface area (Å²) >= 11 is 0. The van der Waals surface area contributed by atoms with Crippen LogP contribution in [0.4, 0.5) is 0 Å². The quantitative estimate of drug-likeness (QED) is 0.307. The Labute approximate surface area is 38.4 Å². The van der Waals surface area contributed by atoms with Gasteiger partial charge in [0.15, 0.2) is 6.61 Å². The van der Waals surface area contributed by atoms with E-state index in [0.29, 0.717) is 0 Å². The average molecular weight is 106 g/mol. The first kappa shape index (κ1) is 3.76. The van der Waals surface area contributed by atoms with Gasteiger partial charge in [0.2, 0.25) is 0 Å². The normalized spacial score (nSPS) is 34.3. The summed E-state index contributed by atoms with van der Waals surface area (Å²) in [5, 5.41) is 3.97. The van der Waals surface area contributed by atoms with Crippen LogP contribution in [0.25, 0.3) is 0 Å². The van der Waals surface area contributed by atoms with E-state index in [2.05, 4.69) is 24.6 Å². The molecule has 0 radical (unpaired) electrons. The maximum absolute atomic E-state index is 4.28. The Hall–Kier alpha value is -0.200. The zero-order valence-corrected chi connectivity index (χ0v) is 3.25. The molecule has 0 N–H and O–H groups in total. The Morgan fingerprint density at radius 2 is 2.00 bits per heavy atom. The van der Waals surface area contributed by atoms with E-state index in [0.717, 1.165) is 0 Å². The van der Waals surface area contributed by atoms with Crippen LogP contribution in [-0.4, -0.2) is 12.6 Å². The maximum atomic E-state index is 4.28. The molecule has 2 aliphatic heterocycles. The topological polar surface area (TPSA) is 52.8 Å². The fourth-order valence-corrected chi connectivity index (χ4v) is 0.319. The molecule has 2 aliphatic rings. The van der Waals surface area contributed by atoms with Crippen LogP contribution in [0.2, 0.25) is 0 Å². The lowest BCUT2D eigenvalue weighted by atomic mass is 10.7. The first-order valence-electron chi connectivity index (χ1n) is 1.75. The third-order valence-corrected chi connectivity index (χ3v) is 0.714. The Balaban J connectivity index is 2.07. The molecular formula is C2H2O5. The molecule has 0 amide bonds. The monoisotopic (exact) mass is 106 g/mol. The van der Waals surface area contributed by atoms with Gasteiger partial charge in [0, 0.05) is 0 Å². The van der Waals surface area contributed by atoms with Crippen molar-refractivity contribution in [2.45, 2.75) is 5.97 Å². The molecule has 2 heterocycles. The summed E-state index contributed by atoms with van der Waals surface area (Å²) in [6, 6.07) is 0. The lowest BCUT2D eigenvalue weighted by Gasteiger charge is -1.79. The second-order valence-corrected chi connectivity index (χ2v) is 1.26. The van der Waals surface area contributed by atoms with Gasteiger partial charge >= 0.3 is 5.97 Å². The van der Waals surface area contributed by atoms with Crippen molar-refractivity contribution in [1.82, 2.24) is 0 Å². The van der Waals surface area contributed by atoms with Gasteiger partial charge in [0.25, 0.3) is 0 Å². The second-order valence-electron chi connectivity index (χ2n) is 1.26. The van der Waals surface area contributed by atoms with Crippen LogP contribution in [0.3, 0.4) is 0 Å². The van der Waals surface area contributed by atoms with Crippen molar-refractivity contribution in [1.29, 1.82) is 0 Å². The molecule has 0 unspecified atom stereocenters. The summed E-state index contributed by atoms with van der Waals surface area (Å²) in [7, 11) is 0. The maximum Gasteiger partial charge on any atom is 0.395 e. The van der Waals surface area contributed by atoms with E-state index < -0.39 is 5.97 Å². The molecule has 0 atom stereocenters. The molecule has 0 aromatic carbocycles. The third-order valence-electron chi connectivity index (χ3n) is 0.714. The minimum Gasteiger partial charge on any atom is -0.197 e. The highest BCUT2D eigenvalue weighted by molar-refractivity contribution is 4.56. The Morgan fingerprint density at radius 1 is 1.14 bits per heavy atom. The van der Waals surface area contributed by atoms with Crippen molar-refractivity contribution in [2.75, 3.05) is 6.61 Å². The Kier molecular flexibility index (Phi) is 0.515. The van der Waals surface area contributed by atoms with Crippen molar-refractivity contribution >= 4 is 0 Å². The summed E-state index contributed by atoms with van der Waals surface area (Å²) in [5.74, 6) is -1.00. The van der Waals surface area contributed by atoms with E-state index in [4.69, 9.17) is 0 Å². The Bertz CT molecular complexity index is 78.1. The van der Waals surface area contributed by atoms with Crippen LogP contribution >= 0.6 is 0 Å². The molecule has 5 heteroatoms. The van der Waals surface area contributed by atoms with Crippen LogP contribution in [0.5, 0.6) is 0 Å². The number of hydrogen-bond donors (Lipinski definition) is 0. The SMILES string of the molecule is C1OOOC12OO2. The highest BCUT2D eigenvalue weighted by Gasteiger charge is 2.58. The van der Waals surface area contributed by atoms with E-state index in [9.17, 15) is 0 Å². The molecule has 0 saturated carbocycles. The molecule has 0 aromatic heterocycles. The molecular weight excluding hydrogens is 104 g/mol. The molecule has 5 nitrogen and oxygen atoms in total.